The lowest BCUT2D eigenvalue weighted by Gasteiger charge is -2.41. The van der Waals surface area contributed by atoms with Crippen molar-refractivity contribution < 1.29 is 9.84 Å². The Morgan fingerprint density at radius 1 is 1.50 bits per heavy atom. The van der Waals surface area contributed by atoms with Crippen molar-refractivity contribution in [3.63, 3.8) is 0 Å². The molecule has 0 aromatic rings. The van der Waals surface area contributed by atoms with Crippen LogP contribution in [0.2, 0.25) is 0 Å². The van der Waals surface area contributed by atoms with Gasteiger partial charge in [0.05, 0.1) is 12.7 Å². The molecule has 0 aromatic carbocycles. The first-order valence-corrected chi connectivity index (χ1v) is 6.32. The number of aliphatic hydroxyl groups excluding tert-OH is 1. The van der Waals surface area contributed by atoms with Gasteiger partial charge in [0.2, 0.25) is 0 Å². The normalized spacial score (nSPS) is 30.3. The van der Waals surface area contributed by atoms with Crippen LogP contribution >= 0.6 is 0 Å². The van der Waals surface area contributed by atoms with Crippen LogP contribution in [-0.2, 0) is 4.74 Å². The Balaban J connectivity index is 2.69. The van der Waals surface area contributed by atoms with Crippen LogP contribution in [0.5, 0.6) is 0 Å². The van der Waals surface area contributed by atoms with E-state index in [0.29, 0.717) is 24.9 Å². The van der Waals surface area contributed by atoms with E-state index in [9.17, 15) is 5.26 Å². The molecule has 2 atom stereocenters. The lowest BCUT2D eigenvalue weighted by atomic mass is 9.70. The molecule has 0 amide bonds. The molecule has 3 heteroatoms. The highest BCUT2D eigenvalue weighted by molar-refractivity contribution is 5.08. The van der Waals surface area contributed by atoms with Crippen molar-refractivity contribution in [2.24, 2.45) is 11.8 Å². The van der Waals surface area contributed by atoms with Gasteiger partial charge in [0, 0.05) is 12.5 Å². The van der Waals surface area contributed by atoms with E-state index in [0.717, 1.165) is 19.3 Å². The summed E-state index contributed by atoms with van der Waals surface area (Å²) in [7, 11) is 0. The topological polar surface area (TPSA) is 53.2 Å². The van der Waals surface area contributed by atoms with Gasteiger partial charge in [-0.25, -0.2) is 0 Å². The van der Waals surface area contributed by atoms with Crippen LogP contribution in [0.4, 0.5) is 0 Å². The lowest BCUT2D eigenvalue weighted by molar-refractivity contribution is -0.0834. The van der Waals surface area contributed by atoms with Crippen molar-refractivity contribution in [3.05, 3.63) is 0 Å². The molecule has 1 fully saturated rings. The maximum absolute atomic E-state index is 9.42. The van der Waals surface area contributed by atoms with Crippen LogP contribution < -0.4 is 0 Å². The van der Waals surface area contributed by atoms with Crippen LogP contribution in [-0.4, -0.2) is 23.9 Å². The Bertz CT molecular complexity index is 247. The van der Waals surface area contributed by atoms with Crippen molar-refractivity contribution in [1.29, 1.82) is 5.26 Å². The zero-order valence-electron chi connectivity index (χ0n) is 10.4. The second-order valence-electron chi connectivity index (χ2n) is 5.02. The molecular weight excluding hydrogens is 202 g/mol. The average Bonchev–Trinajstić information content (AvgIpc) is 2.29. The van der Waals surface area contributed by atoms with E-state index in [-0.39, 0.29) is 6.61 Å². The van der Waals surface area contributed by atoms with Crippen LogP contribution in [0.15, 0.2) is 0 Å². The van der Waals surface area contributed by atoms with E-state index >= 15 is 0 Å². The highest BCUT2D eigenvalue weighted by atomic mass is 16.5. The summed E-state index contributed by atoms with van der Waals surface area (Å²) in [4.78, 5) is 0. The molecule has 1 N–H and O–H groups in total. The molecule has 0 aromatic heterocycles. The van der Waals surface area contributed by atoms with Crippen LogP contribution in [0.3, 0.4) is 0 Å². The number of nitrogens with zero attached hydrogens (tertiary/aromatic N) is 1. The summed E-state index contributed by atoms with van der Waals surface area (Å²) in [5, 5.41) is 18.2. The van der Waals surface area contributed by atoms with Gasteiger partial charge in [-0.3, -0.25) is 0 Å². The Hall–Kier alpha value is -0.590. The first-order valence-electron chi connectivity index (χ1n) is 6.32. The molecule has 0 bridgehead atoms. The Morgan fingerprint density at radius 3 is 2.81 bits per heavy atom. The molecule has 0 saturated heterocycles. The molecule has 1 rings (SSSR count). The second-order valence-corrected chi connectivity index (χ2v) is 5.02. The first-order chi connectivity index (χ1) is 7.66. The minimum absolute atomic E-state index is 0.133. The van der Waals surface area contributed by atoms with E-state index in [2.05, 4.69) is 19.9 Å². The minimum Gasteiger partial charge on any atom is -0.396 e. The van der Waals surface area contributed by atoms with Crippen molar-refractivity contribution in [2.45, 2.75) is 51.6 Å². The van der Waals surface area contributed by atoms with Gasteiger partial charge in [-0.15, -0.1) is 0 Å². The average molecular weight is 225 g/mol. The number of rotatable bonds is 5. The molecule has 92 valence electrons. The Labute approximate surface area is 98.4 Å². The third-order valence-electron chi connectivity index (χ3n) is 3.57. The molecule has 16 heavy (non-hydrogen) atoms. The summed E-state index contributed by atoms with van der Waals surface area (Å²) < 4.78 is 5.81. The monoisotopic (exact) mass is 225 g/mol. The smallest absolute Gasteiger partial charge is 0.157 e. The molecule has 2 unspecified atom stereocenters. The maximum Gasteiger partial charge on any atom is 0.157 e. The van der Waals surface area contributed by atoms with Crippen molar-refractivity contribution in [2.75, 3.05) is 13.2 Å². The fourth-order valence-electron chi connectivity index (χ4n) is 2.71. The standard InChI is InChI=1S/C13H23NO2/c1-11(2)12-6-3-4-7-13(12,10-14)16-9-5-8-15/h11-12,15H,3-9H2,1-2H3. The van der Waals surface area contributed by atoms with Crippen molar-refractivity contribution >= 4 is 0 Å². The quantitative estimate of drug-likeness (QED) is 0.731. The van der Waals surface area contributed by atoms with Gasteiger partial charge < -0.3 is 9.84 Å². The summed E-state index contributed by atoms with van der Waals surface area (Å²) >= 11 is 0. The highest BCUT2D eigenvalue weighted by Crippen LogP contribution is 2.40. The molecule has 0 spiro atoms. The molecule has 1 aliphatic carbocycles. The van der Waals surface area contributed by atoms with E-state index in [1.807, 2.05) is 0 Å². The maximum atomic E-state index is 9.42. The van der Waals surface area contributed by atoms with E-state index < -0.39 is 5.60 Å². The summed E-state index contributed by atoms with van der Waals surface area (Å²) in [5.41, 5.74) is -0.596. The number of ether oxygens (including phenoxy) is 1. The summed E-state index contributed by atoms with van der Waals surface area (Å²) in [5.74, 6) is 0.819. The predicted molar refractivity (Wildman–Crippen MR) is 62.8 cm³/mol. The van der Waals surface area contributed by atoms with Crippen LogP contribution in [0.1, 0.15) is 46.0 Å². The van der Waals surface area contributed by atoms with Crippen LogP contribution in [0.25, 0.3) is 0 Å². The number of nitriles is 1. The molecular formula is C13H23NO2. The lowest BCUT2D eigenvalue weighted by Crippen LogP contribution is -2.44. The summed E-state index contributed by atoms with van der Waals surface area (Å²) in [6.07, 6.45) is 4.84. The van der Waals surface area contributed by atoms with E-state index in [1.165, 1.54) is 6.42 Å². The van der Waals surface area contributed by atoms with Gasteiger partial charge in [0.1, 0.15) is 0 Å². The third-order valence-corrected chi connectivity index (χ3v) is 3.57. The summed E-state index contributed by atoms with van der Waals surface area (Å²) in [6, 6.07) is 2.40. The van der Waals surface area contributed by atoms with E-state index in [1.54, 1.807) is 0 Å². The molecule has 0 aliphatic heterocycles. The molecule has 1 saturated carbocycles. The van der Waals surface area contributed by atoms with Gasteiger partial charge >= 0.3 is 0 Å². The second kappa shape index (κ2) is 6.22. The van der Waals surface area contributed by atoms with Gasteiger partial charge in [-0.1, -0.05) is 20.3 Å². The zero-order valence-corrected chi connectivity index (χ0v) is 10.4. The molecule has 3 nitrogen and oxygen atoms in total. The number of aliphatic hydroxyl groups is 1. The zero-order chi connectivity index (χ0) is 12.0. The minimum atomic E-state index is -0.596. The van der Waals surface area contributed by atoms with Gasteiger partial charge in [-0.2, -0.15) is 5.26 Å². The van der Waals surface area contributed by atoms with Gasteiger partial charge in [-0.05, 0) is 31.6 Å². The Kier molecular flexibility index (Phi) is 5.24. The molecule has 0 heterocycles. The van der Waals surface area contributed by atoms with E-state index in [4.69, 9.17) is 9.84 Å². The largest absolute Gasteiger partial charge is 0.396 e. The van der Waals surface area contributed by atoms with Gasteiger partial charge in [0.15, 0.2) is 5.60 Å². The molecule has 1 aliphatic rings. The fourth-order valence-corrected chi connectivity index (χ4v) is 2.71. The number of hydrogen-bond donors (Lipinski definition) is 1. The SMILES string of the molecule is CC(C)C1CCCCC1(C#N)OCCCO. The van der Waals surface area contributed by atoms with Crippen molar-refractivity contribution in [1.82, 2.24) is 0 Å². The Morgan fingerprint density at radius 2 is 2.25 bits per heavy atom. The fraction of sp³-hybridized carbons (Fsp3) is 0.923. The third kappa shape index (κ3) is 2.96. The predicted octanol–water partition coefficient (Wildman–Crippen LogP) is 2.49. The van der Waals surface area contributed by atoms with Gasteiger partial charge in [0.25, 0.3) is 0 Å². The molecule has 0 radical (unpaired) electrons. The number of hydrogen-bond acceptors (Lipinski definition) is 3. The van der Waals surface area contributed by atoms with Crippen molar-refractivity contribution in [3.8, 4) is 6.07 Å². The summed E-state index contributed by atoms with van der Waals surface area (Å²) in [6.45, 7) is 4.95. The first kappa shape index (κ1) is 13.5. The highest BCUT2D eigenvalue weighted by Gasteiger charge is 2.43. The van der Waals surface area contributed by atoms with Crippen LogP contribution in [0, 0.1) is 23.2 Å².